The van der Waals surface area contributed by atoms with E-state index in [9.17, 15) is 5.21 Å². The first-order chi connectivity index (χ1) is 10.8. The van der Waals surface area contributed by atoms with Gasteiger partial charge in [0.1, 0.15) is 5.71 Å². The zero-order valence-corrected chi connectivity index (χ0v) is 12.8. The first kappa shape index (κ1) is 14.6. The fourth-order valence-corrected chi connectivity index (χ4v) is 2.77. The van der Waals surface area contributed by atoms with Crippen LogP contribution in [0.25, 0.3) is 0 Å². The first-order valence-electron chi connectivity index (χ1n) is 7.59. The monoisotopic (exact) mass is 295 g/mol. The summed E-state index contributed by atoms with van der Waals surface area (Å²) in [6.07, 6.45) is 0. The molecule has 2 aromatic rings. The summed E-state index contributed by atoms with van der Waals surface area (Å²) in [5.41, 5.74) is 3.66. The number of hydrogen-bond acceptors (Lipinski definition) is 4. The molecule has 1 aliphatic heterocycles. The van der Waals surface area contributed by atoms with E-state index in [0.29, 0.717) is 5.71 Å². The summed E-state index contributed by atoms with van der Waals surface area (Å²) in [5, 5.41) is 12.8. The fraction of sp³-hybridized carbons (Fsp3) is 0.278. The molecular formula is C18H21N3O. The lowest BCUT2D eigenvalue weighted by atomic mass is 10.0. The maximum Gasteiger partial charge on any atom is 0.117 e. The Hall–Kier alpha value is -2.33. The quantitative estimate of drug-likeness (QED) is 0.537. The molecule has 0 aromatic heterocycles. The molecule has 0 saturated carbocycles. The molecule has 1 saturated heterocycles. The summed E-state index contributed by atoms with van der Waals surface area (Å²) < 4.78 is 0. The molecule has 1 N–H and O–H groups in total. The minimum Gasteiger partial charge on any atom is -0.410 e. The standard InChI is InChI=1S/C18H21N3O/c1-20-11-13-21(14-12-20)17-9-7-16(8-10-17)18(19-22)15-5-3-2-4-6-15/h2-10,22H,11-14H2,1H3. The summed E-state index contributed by atoms with van der Waals surface area (Å²) in [6.45, 7) is 4.29. The van der Waals surface area contributed by atoms with Gasteiger partial charge in [0.05, 0.1) is 0 Å². The number of rotatable bonds is 3. The third-order valence-corrected chi connectivity index (χ3v) is 4.16. The lowest BCUT2D eigenvalue weighted by molar-refractivity contribution is 0.313. The van der Waals surface area contributed by atoms with Crippen LogP contribution in [-0.4, -0.2) is 49.0 Å². The van der Waals surface area contributed by atoms with E-state index in [1.807, 2.05) is 42.5 Å². The van der Waals surface area contributed by atoms with Crippen LogP contribution in [0.2, 0.25) is 0 Å². The Labute approximate surface area is 131 Å². The Balaban J connectivity index is 1.79. The highest BCUT2D eigenvalue weighted by atomic mass is 16.4. The molecule has 4 heteroatoms. The van der Waals surface area contributed by atoms with Crippen LogP contribution in [0.5, 0.6) is 0 Å². The Morgan fingerprint density at radius 2 is 1.45 bits per heavy atom. The van der Waals surface area contributed by atoms with Gasteiger partial charge < -0.3 is 15.0 Å². The molecule has 0 radical (unpaired) electrons. The second kappa shape index (κ2) is 6.62. The van der Waals surface area contributed by atoms with E-state index < -0.39 is 0 Å². The zero-order chi connectivity index (χ0) is 15.4. The highest BCUT2D eigenvalue weighted by Crippen LogP contribution is 2.19. The zero-order valence-electron chi connectivity index (χ0n) is 12.8. The molecular weight excluding hydrogens is 274 g/mol. The molecule has 1 heterocycles. The van der Waals surface area contributed by atoms with Crippen molar-refractivity contribution in [1.82, 2.24) is 4.90 Å². The normalized spacial score (nSPS) is 16.8. The van der Waals surface area contributed by atoms with E-state index in [1.54, 1.807) is 0 Å². The lowest BCUT2D eigenvalue weighted by Gasteiger charge is -2.34. The van der Waals surface area contributed by atoms with Crippen molar-refractivity contribution in [3.63, 3.8) is 0 Å². The second-order valence-electron chi connectivity index (χ2n) is 5.65. The minimum atomic E-state index is 0.602. The number of benzene rings is 2. The third-order valence-electron chi connectivity index (χ3n) is 4.16. The van der Waals surface area contributed by atoms with Gasteiger partial charge in [-0.05, 0) is 19.2 Å². The summed E-state index contributed by atoms with van der Waals surface area (Å²) in [5.74, 6) is 0. The van der Waals surface area contributed by atoms with Gasteiger partial charge >= 0.3 is 0 Å². The van der Waals surface area contributed by atoms with Crippen LogP contribution in [0.4, 0.5) is 5.69 Å². The average Bonchev–Trinajstić information content (AvgIpc) is 2.58. The van der Waals surface area contributed by atoms with Crippen molar-refractivity contribution in [2.45, 2.75) is 0 Å². The maximum absolute atomic E-state index is 9.35. The van der Waals surface area contributed by atoms with E-state index in [2.05, 4.69) is 34.1 Å². The molecule has 0 unspecified atom stereocenters. The SMILES string of the molecule is CN1CCN(c2ccc(C(=NO)c3ccccc3)cc2)CC1. The molecule has 0 bridgehead atoms. The minimum absolute atomic E-state index is 0.602. The topological polar surface area (TPSA) is 39.1 Å². The summed E-state index contributed by atoms with van der Waals surface area (Å²) in [7, 11) is 2.16. The number of likely N-dealkylation sites (N-methyl/N-ethyl adjacent to an activating group) is 1. The van der Waals surface area contributed by atoms with Gasteiger partial charge in [0.2, 0.25) is 0 Å². The Morgan fingerprint density at radius 3 is 2.05 bits per heavy atom. The predicted molar refractivity (Wildman–Crippen MR) is 90.0 cm³/mol. The molecule has 0 atom stereocenters. The molecule has 1 fully saturated rings. The number of piperazine rings is 1. The highest BCUT2D eigenvalue weighted by Gasteiger charge is 2.14. The van der Waals surface area contributed by atoms with E-state index in [-0.39, 0.29) is 0 Å². The molecule has 0 amide bonds. The van der Waals surface area contributed by atoms with Gasteiger partial charge in [0, 0.05) is 43.0 Å². The van der Waals surface area contributed by atoms with Gasteiger partial charge in [-0.25, -0.2) is 0 Å². The number of anilines is 1. The lowest BCUT2D eigenvalue weighted by Crippen LogP contribution is -2.44. The van der Waals surface area contributed by atoms with Crippen molar-refractivity contribution >= 4 is 11.4 Å². The third kappa shape index (κ3) is 3.12. The molecule has 1 aliphatic rings. The fourth-order valence-electron chi connectivity index (χ4n) is 2.77. The van der Waals surface area contributed by atoms with Gasteiger partial charge in [-0.2, -0.15) is 0 Å². The number of nitrogens with zero attached hydrogens (tertiary/aromatic N) is 3. The molecule has 114 valence electrons. The summed E-state index contributed by atoms with van der Waals surface area (Å²) in [4.78, 5) is 4.73. The molecule has 2 aromatic carbocycles. The van der Waals surface area contributed by atoms with Gasteiger partial charge in [-0.1, -0.05) is 47.6 Å². The van der Waals surface area contributed by atoms with Crippen molar-refractivity contribution in [3.8, 4) is 0 Å². The first-order valence-corrected chi connectivity index (χ1v) is 7.59. The van der Waals surface area contributed by atoms with Crippen molar-refractivity contribution in [1.29, 1.82) is 0 Å². The van der Waals surface area contributed by atoms with E-state index in [1.165, 1.54) is 5.69 Å². The van der Waals surface area contributed by atoms with E-state index in [4.69, 9.17) is 0 Å². The van der Waals surface area contributed by atoms with Crippen molar-refractivity contribution in [2.75, 3.05) is 38.1 Å². The smallest absolute Gasteiger partial charge is 0.117 e. The van der Waals surface area contributed by atoms with Crippen molar-refractivity contribution < 1.29 is 5.21 Å². The second-order valence-corrected chi connectivity index (χ2v) is 5.65. The van der Waals surface area contributed by atoms with Gasteiger partial charge in [-0.3, -0.25) is 0 Å². The average molecular weight is 295 g/mol. The molecule has 0 aliphatic carbocycles. The van der Waals surface area contributed by atoms with Crippen LogP contribution >= 0.6 is 0 Å². The van der Waals surface area contributed by atoms with Crippen molar-refractivity contribution in [3.05, 3.63) is 65.7 Å². The number of hydrogen-bond donors (Lipinski definition) is 1. The van der Waals surface area contributed by atoms with Crippen LogP contribution in [-0.2, 0) is 0 Å². The molecule has 4 nitrogen and oxygen atoms in total. The largest absolute Gasteiger partial charge is 0.410 e. The Bertz CT molecular complexity index is 629. The van der Waals surface area contributed by atoms with Crippen LogP contribution in [0, 0.1) is 0 Å². The van der Waals surface area contributed by atoms with Crippen LogP contribution in [0.1, 0.15) is 11.1 Å². The maximum atomic E-state index is 9.35. The van der Waals surface area contributed by atoms with E-state index in [0.717, 1.165) is 37.3 Å². The summed E-state index contributed by atoms with van der Waals surface area (Å²) >= 11 is 0. The van der Waals surface area contributed by atoms with E-state index >= 15 is 0 Å². The molecule has 0 spiro atoms. The highest BCUT2D eigenvalue weighted by molar-refractivity contribution is 6.12. The molecule has 22 heavy (non-hydrogen) atoms. The van der Waals surface area contributed by atoms with Gasteiger partial charge in [-0.15, -0.1) is 0 Å². The Morgan fingerprint density at radius 1 is 0.864 bits per heavy atom. The van der Waals surface area contributed by atoms with Crippen LogP contribution in [0.3, 0.4) is 0 Å². The Kier molecular flexibility index (Phi) is 4.39. The van der Waals surface area contributed by atoms with Gasteiger partial charge in [0.25, 0.3) is 0 Å². The number of oxime groups is 1. The summed E-state index contributed by atoms with van der Waals surface area (Å²) in [6, 6.07) is 18.0. The van der Waals surface area contributed by atoms with Gasteiger partial charge in [0.15, 0.2) is 0 Å². The van der Waals surface area contributed by atoms with Crippen LogP contribution in [0.15, 0.2) is 59.8 Å². The van der Waals surface area contributed by atoms with Crippen molar-refractivity contribution in [2.24, 2.45) is 5.16 Å². The predicted octanol–water partition coefficient (Wildman–Crippen LogP) is 2.67. The van der Waals surface area contributed by atoms with Crippen LogP contribution < -0.4 is 4.90 Å². The molecule has 3 rings (SSSR count).